The summed E-state index contributed by atoms with van der Waals surface area (Å²) in [4.78, 5) is 11.9. The molecule has 0 radical (unpaired) electrons. The molecule has 5 nitrogen and oxygen atoms in total. The van der Waals surface area contributed by atoms with Gasteiger partial charge in [-0.05, 0) is 25.0 Å². The molecule has 1 aromatic rings. The van der Waals surface area contributed by atoms with E-state index in [9.17, 15) is 9.90 Å². The molecule has 3 N–H and O–H groups in total. The molecule has 1 aliphatic heterocycles. The molecule has 0 bridgehead atoms. The van der Waals surface area contributed by atoms with Crippen LogP contribution in [0.1, 0.15) is 19.8 Å². The van der Waals surface area contributed by atoms with Gasteiger partial charge in [-0.1, -0.05) is 19.1 Å². The predicted molar refractivity (Wildman–Crippen MR) is 73.3 cm³/mol. The quantitative estimate of drug-likeness (QED) is 0.746. The van der Waals surface area contributed by atoms with E-state index in [-0.39, 0.29) is 12.0 Å². The number of carbonyl (C=O) groups excluding carboxylic acids is 1. The largest absolute Gasteiger partial charge is 0.477 e. The highest BCUT2D eigenvalue weighted by Crippen LogP contribution is 2.28. The van der Waals surface area contributed by atoms with Gasteiger partial charge in [-0.2, -0.15) is 0 Å². The molecule has 104 valence electrons. The molecule has 1 aliphatic rings. The third kappa shape index (κ3) is 3.61. The molecule has 2 unspecified atom stereocenters. The number of anilines is 1. The van der Waals surface area contributed by atoms with E-state index >= 15 is 0 Å². The van der Waals surface area contributed by atoms with Gasteiger partial charge in [-0.15, -0.1) is 0 Å². The molecule has 1 heterocycles. The Hall–Kier alpha value is -1.75. The van der Waals surface area contributed by atoms with Crippen molar-refractivity contribution in [2.75, 3.05) is 18.4 Å². The van der Waals surface area contributed by atoms with Gasteiger partial charge in [0.15, 0.2) is 6.10 Å². The van der Waals surface area contributed by atoms with Gasteiger partial charge in [0.2, 0.25) is 0 Å². The maximum atomic E-state index is 11.9. The summed E-state index contributed by atoms with van der Waals surface area (Å²) in [5, 5.41) is 15.4. The lowest BCUT2D eigenvalue weighted by Crippen LogP contribution is -2.45. The number of benzene rings is 1. The minimum absolute atomic E-state index is 0.148. The first-order valence-corrected chi connectivity index (χ1v) is 6.66. The van der Waals surface area contributed by atoms with Gasteiger partial charge in [0.05, 0.1) is 18.3 Å². The summed E-state index contributed by atoms with van der Waals surface area (Å²) in [6, 6.07) is 7.55. The number of rotatable bonds is 5. The number of nitrogens with one attached hydrogen (secondary N) is 2. The Morgan fingerprint density at radius 2 is 2.37 bits per heavy atom. The lowest BCUT2D eigenvalue weighted by Gasteiger charge is -2.26. The van der Waals surface area contributed by atoms with Crippen molar-refractivity contribution in [3.05, 3.63) is 24.3 Å². The van der Waals surface area contributed by atoms with Crippen molar-refractivity contribution in [3.63, 3.8) is 0 Å². The average Bonchev–Trinajstić information content (AvgIpc) is 2.46. The molecule has 2 atom stereocenters. The Labute approximate surface area is 113 Å². The van der Waals surface area contributed by atoms with Crippen LogP contribution in [0.25, 0.3) is 0 Å². The second kappa shape index (κ2) is 6.43. The third-order valence-corrected chi connectivity index (χ3v) is 3.17. The smallest absolute Gasteiger partial charge is 0.262 e. The van der Waals surface area contributed by atoms with E-state index in [1.807, 2.05) is 31.2 Å². The second-order valence-corrected chi connectivity index (χ2v) is 4.63. The molecule has 0 fully saturated rings. The molecule has 0 saturated carbocycles. The van der Waals surface area contributed by atoms with Crippen molar-refractivity contribution < 1.29 is 14.6 Å². The fourth-order valence-corrected chi connectivity index (χ4v) is 1.94. The lowest BCUT2D eigenvalue weighted by atomic mass is 10.2. The number of fused-ring (bicyclic) bond motifs is 1. The topological polar surface area (TPSA) is 70.6 Å². The van der Waals surface area contributed by atoms with Crippen LogP contribution < -0.4 is 15.4 Å². The highest BCUT2D eigenvalue weighted by Gasteiger charge is 2.25. The third-order valence-electron chi connectivity index (χ3n) is 3.17. The maximum Gasteiger partial charge on any atom is 0.262 e. The van der Waals surface area contributed by atoms with Crippen LogP contribution >= 0.6 is 0 Å². The SMILES string of the molecule is CCC(O)CCNC(=O)C1CNc2ccccc2O1. The predicted octanol–water partition coefficient (Wildman–Crippen LogP) is 1.14. The summed E-state index contributed by atoms with van der Waals surface area (Å²) < 4.78 is 5.64. The minimum atomic E-state index is -0.520. The molecule has 1 amide bonds. The molecule has 19 heavy (non-hydrogen) atoms. The first kappa shape index (κ1) is 13.7. The molecule has 0 aliphatic carbocycles. The maximum absolute atomic E-state index is 11.9. The molecule has 0 spiro atoms. The van der Waals surface area contributed by atoms with Crippen molar-refractivity contribution in [1.82, 2.24) is 5.32 Å². The van der Waals surface area contributed by atoms with Crippen LogP contribution in [0.2, 0.25) is 0 Å². The summed E-state index contributed by atoms with van der Waals surface area (Å²) >= 11 is 0. The van der Waals surface area contributed by atoms with Gasteiger partial charge in [-0.25, -0.2) is 0 Å². The van der Waals surface area contributed by atoms with Crippen LogP contribution in [0.5, 0.6) is 5.75 Å². The Kier molecular flexibility index (Phi) is 4.63. The van der Waals surface area contributed by atoms with E-state index in [0.29, 0.717) is 31.7 Å². The zero-order chi connectivity index (χ0) is 13.7. The van der Waals surface area contributed by atoms with Crippen LogP contribution in [-0.2, 0) is 4.79 Å². The number of ether oxygens (including phenoxy) is 1. The van der Waals surface area contributed by atoms with Gasteiger partial charge in [0.1, 0.15) is 5.75 Å². The standard InChI is InChI=1S/C14H20N2O3/c1-2-10(17)7-8-15-14(18)13-9-16-11-5-3-4-6-12(11)19-13/h3-6,10,13,16-17H,2,7-9H2,1H3,(H,15,18). The minimum Gasteiger partial charge on any atom is -0.477 e. The number of para-hydroxylation sites is 2. The summed E-state index contributed by atoms with van der Waals surface area (Å²) in [7, 11) is 0. The zero-order valence-corrected chi connectivity index (χ0v) is 11.1. The summed E-state index contributed by atoms with van der Waals surface area (Å²) in [6.45, 7) is 2.84. The van der Waals surface area contributed by atoms with Gasteiger partial charge in [0, 0.05) is 6.54 Å². The Balaban J connectivity index is 1.82. The summed E-state index contributed by atoms with van der Waals surface area (Å²) in [5.41, 5.74) is 0.910. The highest BCUT2D eigenvalue weighted by molar-refractivity contribution is 5.83. The molecule has 5 heteroatoms. The number of amides is 1. The first-order valence-electron chi connectivity index (χ1n) is 6.66. The zero-order valence-electron chi connectivity index (χ0n) is 11.1. The van der Waals surface area contributed by atoms with Crippen molar-refractivity contribution in [2.24, 2.45) is 0 Å². The van der Waals surface area contributed by atoms with Crippen LogP contribution in [0, 0.1) is 0 Å². The van der Waals surface area contributed by atoms with Crippen molar-refractivity contribution >= 4 is 11.6 Å². The van der Waals surface area contributed by atoms with E-state index in [2.05, 4.69) is 10.6 Å². The van der Waals surface area contributed by atoms with Crippen molar-refractivity contribution in [2.45, 2.75) is 32.0 Å². The monoisotopic (exact) mass is 264 g/mol. The Morgan fingerprint density at radius 1 is 1.58 bits per heavy atom. The molecule has 2 rings (SSSR count). The molecular weight excluding hydrogens is 244 g/mol. The van der Waals surface area contributed by atoms with Gasteiger partial charge < -0.3 is 20.5 Å². The van der Waals surface area contributed by atoms with Crippen LogP contribution in [0.3, 0.4) is 0 Å². The number of hydrogen-bond donors (Lipinski definition) is 3. The van der Waals surface area contributed by atoms with Crippen LogP contribution in [0.4, 0.5) is 5.69 Å². The van der Waals surface area contributed by atoms with Gasteiger partial charge >= 0.3 is 0 Å². The fourth-order valence-electron chi connectivity index (χ4n) is 1.94. The fraction of sp³-hybridized carbons (Fsp3) is 0.500. The normalized spacial score (nSPS) is 18.7. The van der Waals surface area contributed by atoms with Gasteiger partial charge in [0.25, 0.3) is 5.91 Å². The number of hydrogen-bond acceptors (Lipinski definition) is 4. The van der Waals surface area contributed by atoms with Crippen LogP contribution in [0.15, 0.2) is 24.3 Å². The summed E-state index contributed by atoms with van der Waals surface area (Å²) in [6.07, 6.45) is 0.393. The number of carbonyl (C=O) groups is 1. The van der Waals surface area contributed by atoms with Crippen molar-refractivity contribution in [1.29, 1.82) is 0 Å². The average molecular weight is 264 g/mol. The van der Waals surface area contributed by atoms with Crippen molar-refractivity contribution in [3.8, 4) is 5.75 Å². The molecule has 0 aromatic heterocycles. The first-order chi connectivity index (χ1) is 9.20. The Morgan fingerprint density at radius 3 is 3.16 bits per heavy atom. The van der Waals surface area contributed by atoms with E-state index in [1.165, 1.54) is 0 Å². The Bertz CT molecular complexity index is 436. The van der Waals surface area contributed by atoms with E-state index in [0.717, 1.165) is 5.69 Å². The second-order valence-electron chi connectivity index (χ2n) is 4.63. The lowest BCUT2D eigenvalue weighted by molar-refractivity contribution is -0.127. The van der Waals surface area contributed by atoms with Crippen LogP contribution in [-0.4, -0.2) is 36.3 Å². The number of aliphatic hydroxyl groups excluding tert-OH is 1. The molecule has 1 aromatic carbocycles. The van der Waals surface area contributed by atoms with E-state index in [4.69, 9.17) is 4.74 Å². The summed E-state index contributed by atoms with van der Waals surface area (Å²) in [5.74, 6) is 0.549. The molecular formula is C14H20N2O3. The van der Waals surface area contributed by atoms with E-state index in [1.54, 1.807) is 0 Å². The van der Waals surface area contributed by atoms with E-state index < -0.39 is 6.10 Å². The van der Waals surface area contributed by atoms with Gasteiger partial charge in [-0.3, -0.25) is 4.79 Å². The highest BCUT2D eigenvalue weighted by atomic mass is 16.5. The number of aliphatic hydroxyl groups is 1. The molecule has 0 saturated heterocycles.